The van der Waals surface area contributed by atoms with E-state index in [1.165, 1.54) is 10.5 Å². The summed E-state index contributed by atoms with van der Waals surface area (Å²) < 4.78 is 0. The molecule has 1 aromatic heterocycles. The average molecular weight is 271 g/mol. The van der Waals surface area contributed by atoms with Crippen molar-refractivity contribution >= 4 is 0 Å². The molecule has 106 valence electrons. The number of aromatic hydroxyl groups is 1. The van der Waals surface area contributed by atoms with Gasteiger partial charge in [-0.3, -0.25) is 4.98 Å². The summed E-state index contributed by atoms with van der Waals surface area (Å²) in [6, 6.07) is 12.3. The molecule has 0 radical (unpaired) electrons. The first-order valence-electron chi connectivity index (χ1n) is 7.07. The van der Waals surface area contributed by atoms with Crippen LogP contribution in [-0.2, 0) is 19.4 Å². The maximum absolute atomic E-state index is 10.4. The summed E-state index contributed by atoms with van der Waals surface area (Å²) >= 11 is 0. The Labute approximate surface area is 120 Å². The lowest BCUT2D eigenvalue weighted by Gasteiger charge is -2.13. The highest BCUT2D eigenvalue weighted by Crippen LogP contribution is 2.22. The normalized spacial score (nSPS) is 11.0. The summed E-state index contributed by atoms with van der Waals surface area (Å²) in [5.74, 6) is 0.368. The van der Waals surface area contributed by atoms with Gasteiger partial charge in [-0.15, -0.1) is 0 Å². The Morgan fingerprint density at radius 1 is 1.10 bits per heavy atom. The van der Waals surface area contributed by atoms with Gasteiger partial charge < -0.3 is 10.0 Å². The molecule has 0 aliphatic rings. The lowest BCUT2D eigenvalue weighted by Crippen LogP contribution is -3.04. The van der Waals surface area contributed by atoms with Crippen molar-refractivity contribution in [3.63, 3.8) is 0 Å². The van der Waals surface area contributed by atoms with Gasteiger partial charge in [-0.2, -0.15) is 0 Å². The van der Waals surface area contributed by atoms with Gasteiger partial charge in [0.2, 0.25) is 0 Å². The Morgan fingerprint density at radius 2 is 1.80 bits per heavy atom. The number of pyridine rings is 1. The monoisotopic (exact) mass is 271 g/mol. The summed E-state index contributed by atoms with van der Waals surface area (Å²) in [5, 5.41) is 10.4. The second-order valence-electron chi connectivity index (χ2n) is 5.59. The molecular formula is C17H23N2O+. The van der Waals surface area contributed by atoms with Crippen molar-refractivity contribution in [2.75, 3.05) is 14.1 Å². The predicted molar refractivity (Wildman–Crippen MR) is 81.0 cm³/mol. The molecule has 3 heteroatoms. The zero-order valence-corrected chi connectivity index (χ0v) is 12.5. The first kappa shape index (κ1) is 14.5. The smallest absolute Gasteiger partial charge is 0.145 e. The minimum Gasteiger partial charge on any atom is -0.506 e. The van der Waals surface area contributed by atoms with E-state index in [2.05, 4.69) is 31.2 Å². The highest BCUT2D eigenvalue weighted by atomic mass is 16.3. The second-order valence-corrected chi connectivity index (χ2v) is 5.59. The molecule has 0 bridgehead atoms. The summed E-state index contributed by atoms with van der Waals surface area (Å²) in [5.41, 5.74) is 4.04. The summed E-state index contributed by atoms with van der Waals surface area (Å²) in [7, 11) is 4.16. The van der Waals surface area contributed by atoms with E-state index in [1.807, 2.05) is 31.2 Å². The van der Waals surface area contributed by atoms with Crippen molar-refractivity contribution in [3.8, 4) is 5.75 Å². The van der Waals surface area contributed by atoms with E-state index in [4.69, 9.17) is 0 Å². The first-order valence-corrected chi connectivity index (χ1v) is 7.07. The third kappa shape index (κ3) is 3.81. The van der Waals surface area contributed by atoms with Gasteiger partial charge in [0.25, 0.3) is 0 Å². The quantitative estimate of drug-likeness (QED) is 0.865. The second kappa shape index (κ2) is 6.53. The number of benzene rings is 1. The highest BCUT2D eigenvalue weighted by molar-refractivity contribution is 5.37. The molecule has 0 amide bonds. The molecule has 2 N–H and O–H groups in total. The molecule has 0 atom stereocenters. The fourth-order valence-corrected chi connectivity index (χ4v) is 2.40. The van der Waals surface area contributed by atoms with Crippen molar-refractivity contribution < 1.29 is 10.0 Å². The Balaban J connectivity index is 2.17. The lowest BCUT2D eigenvalue weighted by molar-refractivity contribution is -0.872. The molecule has 1 heterocycles. The Kier molecular flexibility index (Phi) is 4.74. The third-order valence-electron chi connectivity index (χ3n) is 3.31. The Bertz CT molecular complexity index is 565. The van der Waals surface area contributed by atoms with Crippen LogP contribution in [0.2, 0.25) is 0 Å². The van der Waals surface area contributed by atoms with Crippen LogP contribution >= 0.6 is 0 Å². The van der Waals surface area contributed by atoms with Crippen LogP contribution < -0.4 is 4.90 Å². The van der Waals surface area contributed by atoms with Crippen LogP contribution in [0.4, 0.5) is 0 Å². The van der Waals surface area contributed by atoms with Crippen molar-refractivity contribution in [1.29, 1.82) is 0 Å². The zero-order valence-electron chi connectivity index (χ0n) is 12.5. The van der Waals surface area contributed by atoms with Crippen LogP contribution in [0.15, 0.2) is 36.4 Å². The van der Waals surface area contributed by atoms with Crippen LogP contribution in [0.25, 0.3) is 0 Å². The fourth-order valence-electron chi connectivity index (χ4n) is 2.40. The molecule has 0 fully saturated rings. The van der Waals surface area contributed by atoms with Gasteiger partial charge in [-0.05, 0) is 31.4 Å². The standard InChI is InChI=1S/C17H22N2O/c1-13-11-15(12-19(2)3)17(20)16(18-13)10-9-14-7-5-4-6-8-14/h4-8,11,20H,9-10,12H2,1-3H3/p+1. The molecule has 0 saturated heterocycles. The molecule has 0 saturated carbocycles. The molecule has 20 heavy (non-hydrogen) atoms. The van der Waals surface area contributed by atoms with E-state index in [0.717, 1.165) is 36.3 Å². The van der Waals surface area contributed by atoms with Gasteiger partial charge in [-0.1, -0.05) is 30.3 Å². The van der Waals surface area contributed by atoms with Gasteiger partial charge in [0.1, 0.15) is 12.3 Å². The van der Waals surface area contributed by atoms with Crippen molar-refractivity contribution in [1.82, 2.24) is 4.98 Å². The van der Waals surface area contributed by atoms with E-state index in [1.54, 1.807) is 0 Å². The van der Waals surface area contributed by atoms with Gasteiger partial charge >= 0.3 is 0 Å². The number of hydrogen-bond donors (Lipinski definition) is 2. The van der Waals surface area contributed by atoms with Gasteiger partial charge in [-0.25, -0.2) is 0 Å². The van der Waals surface area contributed by atoms with Crippen molar-refractivity contribution in [3.05, 3.63) is 58.9 Å². The molecule has 2 aromatic rings. The van der Waals surface area contributed by atoms with Crippen LogP contribution in [0.5, 0.6) is 5.75 Å². The molecule has 0 unspecified atom stereocenters. The molecule has 2 rings (SSSR count). The van der Waals surface area contributed by atoms with Gasteiger partial charge in [0.15, 0.2) is 0 Å². The number of rotatable bonds is 5. The number of quaternary nitrogens is 1. The van der Waals surface area contributed by atoms with Crippen molar-refractivity contribution in [2.45, 2.75) is 26.3 Å². The Hall–Kier alpha value is -1.87. The maximum atomic E-state index is 10.4. The molecule has 3 nitrogen and oxygen atoms in total. The van der Waals surface area contributed by atoms with Gasteiger partial charge in [0, 0.05) is 5.69 Å². The molecule has 1 aromatic carbocycles. The van der Waals surface area contributed by atoms with E-state index in [-0.39, 0.29) is 0 Å². The van der Waals surface area contributed by atoms with E-state index in [9.17, 15) is 5.11 Å². The fraction of sp³-hybridized carbons (Fsp3) is 0.353. The molecule has 0 spiro atoms. The van der Waals surface area contributed by atoms with E-state index in [0.29, 0.717) is 5.75 Å². The van der Waals surface area contributed by atoms with E-state index >= 15 is 0 Å². The Morgan fingerprint density at radius 3 is 2.45 bits per heavy atom. The minimum absolute atomic E-state index is 0.368. The number of nitrogens with one attached hydrogen (secondary N) is 1. The molecule has 0 aliphatic carbocycles. The highest BCUT2D eigenvalue weighted by Gasteiger charge is 2.12. The summed E-state index contributed by atoms with van der Waals surface area (Å²) in [4.78, 5) is 5.79. The van der Waals surface area contributed by atoms with Crippen LogP contribution in [0, 0.1) is 6.92 Å². The van der Waals surface area contributed by atoms with E-state index < -0.39 is 0 Å². The summed E-state index contributed by atoms with van der Waals surface area (Å²) in [6.07, 6.45) is 1.67. The lowest BCUT2D eigenvalue weighted by atomic mass is 10.0. The van der Waals surface area contributed by atoms with Gasteiger partial charge in [0.05, 0.1) is 25.4 Å². The van der Waals surface area contributed by atoms with Crippen LogP contribution in [0.3, 0.4) is 0 Å². The number of aryl methyl sites for hydroxylation is 3. The average Bonchev–Trinajstić information content (AvgIpc) is 2.41. The number of aromatic nitrogens is 1. The molecule has 0 aliphatic heterocycles. The zero-order chi connectivity index (χ0) is 14.5. The van der Waals surface area contributed by atoms with Crippen LogP contribution in [0.1, 0.15) is 22.5 Å². The topological polar surface area (TPSA) is 37.6 Å². The maximum Gasteiger partial charge on any atom is 0.145 e. The third-order valence-corrected chi connectivity index (χ3v) is 3.31. The minimum atomic E-state index is 0.368. The number of hydrogen-bond acceptors (Lipinski definition) is 2. The molecular weight excluding hydrogens is 248 g/mol. The largest absolute Gasteiger partial charge is 0.506 e. The summed E-state index contributed by atoms with van der Waals surface area (Å²) in [6.45, 7) is 2.80. The predicted octanol–water partition coefficient (Wildman–Crippen LogP) is 1.53. The number of nitrogens with zero attached hydrogens (tertiary/aromatic N) is 1. The SMILES string of the molecule is Cc1cc(C[NH+](C)C)c(O)c(CCc2ccccc2)n1. The van der Waals surface area contributed by atoms with Crippen LogP contribution in [-0.4, -0.2) is 24.2 Å². The first-order chi connectivity index (χ1) is 9.56. The van der Waals surface area contributed by atoms with Crippen molar-refractivity contribution in [2.24, 2.45) is 0 Å².